The van der Waals surface area contributed by atoms with Crippen molar-refractivity contribution in [1.82, 2.24) is 4.98 Å². The van der Waals surface area contributed by atoms with Crippen LogP contribution < -0.4 is 10.6 Å². The SMILES string of the molecule is CN(CC1CC(N)C1)c1ncccc1Br. The van der Waals surface area contributed by atoms with Gasteiger partial charge in [-0.15, -0.1) is 0 Å². The monoisotopic (exact) mass is 269 g/mol. The van der Waals surface area contributed by atoms with Crippen LogP contribution in [0.15, 0.2) is 22.8 Å². The molecule has 1 heterocycles. The maximum Gasteiger partial charge on any atom is 0.142 e. The van der Waals surface area contributed by atoms with Gasteiger partial charge in [-0.25, -0.2) is 4.98 Å². The smallest absolute Gasteiger partial charge is 0.142 e. The lowest BCUT2D eigenvalue weighted by Crippen LogP contribution is -2.42. The molecule has 15 heavy (non-hydrogen) atoms. The standard InChI is InChI=1S/C11H16BrN3/c1-15(7-8-5-9(13)6-8)11-10(12)3-2-4-14-11/h2-4,8-9H,5-7,13H2,1H3. The first-order valence-corrected chi connectivity index (χ1v) is 6.03. The number of pyridine rings is 1. The number of hydrogen-bond donors (Lipinski definition) is 1. The highest BCUT2D eigenvalue weighted by molar-refractivity contribution is 9.10. The van der Waals surface area contributed by atoms with Crippen LogP contribution in [-0.2, 0) is 0 Å². The van der Waals surface area contributed by atoms with Crippen molar-refractivity contribution in [2.45, 2.75) is 18.9 Å². The molecule has 3 nitrogen and oxygen atoms in total. The lowest BCUT2D eigenvalue weighted by molar-refractivity contribution is 0.270. The molecule has 0 aromatic carbocycles. The van der Waals surface area contributed by atoms with Crippen LogP contribution in [0.5, 0.6) is 0 Å². The minimum absolute atomic E-state index is 0.426. The van der Waals surface area contributed by atoms with Gasteiger partial charge in [0.2, 0.25) is 0 Å². The van der Waals surface area contributed by atoms with Gasteiger partial charge >= 0.3 is 0 Å². The molecule has 1 saturated carbocycles. The first kappa shape index (κ1) is 10.9. The number of rotatable bonds is 3. The summed E-state index contributed by atoms with van der Waals surface area (Å²) >= 11 is 3.51. The summed E-state index contributed by atoms with van der Waals surface area (Å²) in [5.74, 6) is 1.75. The lowest BCUT2D eigenvalue weighted by atomic mass is 9.80. The number of nitrogens with zero attached hydrogens (tertiary/aromatic N) is 2. The van der Waals surface area contributed by atoms with Gasteiger partial charge in [0.15, 0.2) is 0 Å². The Morgan fingerprint density at radius 1 is 1.60 bits per heavy atom. The minimum atomic E-state index is 0.426. The molecule has 0 aliphatic heterocycles. The van der Waals surface area contributed by atoms with Crippen molar-refractivity contribution in [1.29, 1.82) is 0 Å². The Morgan fingerprint density at radius 3 is 2.93 bits per heavy atom. The fraction of sp³-hybridized carbons (Fsp3) is 0.545. The van der Waals surface area contributed by atoms with Crippen molar-refractivity contribution in [2.75, 3.05) is 18.5 Å². The van der Waals surface area contributed by atoms with Crippen LogP contribution in [0.2, 0.25) is 0 Å². The number of aromatic nitrogens is 1. The molecule has 0 bridgehead atoms. The normalized spacial score (nSPS) is 24.7. The van der Waals surface area contributed by atoms with E-state index in [0.717, 1.165) is 35.6 Å². The molecule has 0 amide bonds. The molecule has 0 radical (unpaired) electrons. The van der Waals surface area contributed by atoms with E-state index in [1.165, 1.54) is 0 Å². The van der Waals surface area contributed by atoms with Crippen LogP contribution in [0.25, 0.3) is 0 Å². The Kier molecular flexibility index (Phi) is 3.26. The molecule has 0 spiro atoms. The van der Waals surface area contributed by atoms with Gasteiger partial charge in [0.25, 0.3) is 0 Å². The molecule has 1 fully saturated rings. The van der Waals surface area contributed by atoms with E-state index in [4.69, 9.17) is 5.73 Å². The molecule has 2 N–H and O–H groups in total. The van der Waals surface area contributed by atoms with Crippen LogP contribution in [0, 0.1) is 5.92 Å². The average Bonchev–Trinajstić information content (AvgIpc) is 2.16. The third kappa shape index (κ3) is 2.49. The van der Waals surface area contributed by atoms with Gasteiger partial charge in [0.05, 0.1) is 4.47 Å². The van der Waals surface area contributed by atoms with E-state index in [1.54, 1.807) is 0 Å². The fourth-order valence-electron chi connectivity index (χ4n) is 2.07. The van der Waals surface area contributed by atoms with E-state index in [1.807, 2.05) is 18.3 Å². The van der Waals surface area contributed by atoms with Gasteiger partial charge in [0.1, 0.15) is 5.82 Å². The maximum absolute atomic E-state index is 5.77. The second-order valence-corrected chi connectivity index (χ2v) is 5.14. The van der Waals surface area contributed by atoms with Crippen molar-refractivity contribution >= 4 is 21.7 Å². The molecule has 1 aromatic rings. The van der Waals surface area contributed by atoms with Crippen LogP contribution in [0.4, 0.5) is 5.82 Å². The molecular formula is C11H16BrN3. The van der Waals surface area contributed by atoms with Crippen LogP contribution in [-0.4, -0.2) is 24.6 Å². The zero-order valence-electron chi connectivity index (χ0n) is 8.86. The highest BCUT2D eigenvalue weighted by Crippen LogP contribution is 2.29. The highest BCUT2D eigenvalue weighted by atomic mass is 79.9. The van der Waals surface area contributed by atoms with Crippen molar-refractivity contribution < 1.29 is 0 Å². The zero-order chi connectivity index (χ0) is 10.8. The maximum atomic E-state index is 5.77. The molecule has 1 aliphatic rings. The summed E-state index contributed by atoms with van der Waals surface area (Å²) in [6, 6.07) is 4.38. The van der Waals surface area contributed by atoms with Crippen LogP contribution >= 0.6 is 15.9 Å². The molecule has 1 aromatic heterocycles. The largest absolute Gasteiger partial charge is 0.358 e. The summed E-state index contributed by atoms with van der Waals surface area (Å²) in [7, 11) is 2.08. The van der Waals surface area contributed by atoms with E-state index in [0.29, 0.717) is 6.04 Å². The third-order valence-corrected chi connectivity index (χ3v) is 3.52. The third-order valence-electron chi connectivity index (χ3n) is 2.90. The highest BCUT2D eigenvalue weighted by Gasteiger charge is 2.27. The number of hydrogen-bond acceptors (Lipinski definition) is 3. The molecule has 4 heteroatoms. The molecule has 0 saturated heterocycles. The van der Waals surface area contributed by atoms with Crippen molar-refractivity contribution in [3.8, 4) is 0 Å². The minimum Gasteiger partial charge on any atom is -0.358 e. The van der Waals surface area contributed by atoms with E-state index in [2.05, 4.69) is 32.9 Å². The summed E-state index contributed by atoms with van der Waals surface area (Å²) in [6.07, 6.45) is 4.12. The Morgan fingerprint density at radius 2 is 2.33 bits per heavy atom. The Bertz CT molecular complexity index is 336. The van der Waals surface area contributed by atoms with Crippen molar-refractivity contribution in [3.05, 3.63) is 22.8 Å². The summed E-state index contributed by atoms with van der Waals surface area (Å²) in [4.78, 5) is 6.55. The summed E-state index contributed by atoms with van der Waals surface area (Å²) < 4.78 is 1.05. The van der Waals surface area contributed by atoms with Crippen LogP contribution in [0.1, 0.15) is 12.8 Å². The predicted octanol–water partition coefficient (Wildman–Crippen LogP) is 2.02. The number of nitrogens with two attached hydrogens (primary N) is 1. The Hall–Kier alpha value is -0.610. The second-order valence-electron chi connectivity index (χ2n) is 4.29. The quantitative estimate of drug-likeness (QED) is 0.913. The molecule has 0 unspecified atom stereocenters. The Labute approximate surface area is 98.8 Å². The van der Waals surface area contributed by atoms with Gasteiger partial charge in [-0.05, 0) is 46.8 Å². The molecular weight excluding hydrogens is 254 g/mol. The van der Waals surface area contributed by atoms with Gasteiger partial charge < -0.3 is 10.6 Å². The van der Waals surface area contributed by atoms with Gasteiger partial charge in [-0.1, -0.05) is 0 Å². The topological polar surface area (TPSA) is 42.1 Å². The first-order valence-electron chi connectivity index (χ1n) is 5.24. The fourth-order valence-corrected chi connectivity index (χ4v) is 2.63. The van der Waals surface area contributed by atoms with Gasteiger partial charge in [-0.3, -0.25) is 0 Å². The number of halogens is 1. The molecule has 82 valence electrons. The van der Waals surface area contributed by atoms with E-state index in [9.17, 15) is 0 Å². The number of anilines is 1. The zero-order valence-corrected chi connectivity index (χ0v) is 10.4. The van der Waals surface area contributed by atoms with E-state index < -0.39 is 0 Å². The molecule has 1 aliphatic carbocycles. The summed E-state index contributed by atoms with van der Waals surface area (Å²) in [5, 5.41) is 0. The second kappa shape index (κ2) is 4.49. The lowest BCUT2D eigenvalue weighted by Gasteiger charge is -2.35. The first-order chi connectivity index (χ1) is 7.16. The van der Waals surface area contributed by atoms with Gasteiger partial charge in [-0.2, -0.15) is 0 Å². The van der Waals surface area contributed by atoms with E-state index >= 15 is 0 Å². The molecule has 2 rings (SSSR count). The Balaban J connectivity index is 1.96. The van der Waals surface area contributed by atoms with Crippen molar-refractivity contribution in [2.24, 2.45) is 11.7 Å². The summed E-state index contributed by atoms with van der Waals surface area (Å²) in [5.41, 5.74) is 5.77. The van der Waals surface area contributed by atoms with Gasteiger partial charge in [0, 0.05) is 25.8 Å². The van der Waals surface area contributed by atoms with E-state index in [-0.39, 0.29) is 0 Å². The molecule has 0 atom stereocenters. The average molecular weight is 270 g/mol. The van der Waals surface area contributed by atoms with Crippen LogP contribution in [0.3, 0.4) is 0 Å². The summed E-state index contributed by atoms with van der Waals surface area (Å²) in [6.45, 7) is 1.04. The predicted molar refractivity (Wildman–Crippen MR) is 65.9 cm³/mol. The van der Waals surface area contributed by atoms with Crippen molar-refractivity contribution in [3.63, 3.8) is 0 Å².